The Balaban J connectivity index is 2.06. The summed E-state index contributed by atoms with van der Waals surface area (Å²) in [5, 5.41) is 8.70. The number of alkyl halides is 3. The summed E-state index contributed by atoms with van der Waals surface area (Å²) in [4.78, 5) is 12.6. The fourth-order valence-corrected chi connectivity index (χ4v) is 3.51. The second kappa shape index (κ2) is 11.4. The fraction of sp³-hybridized carbons (Fsp3) is 0.263. The largest absolute Gasteiger partial charge is 0.497 e. The quantitative estimate of drug-likeness (QED) is 0.186. The average molecular weight is 603 g/mol. The highest BCUT2D eigenvalue weighted by atomic mass is 127. The van der Waals surface area contributed by atoms with Gasteiger partial charge in [0.05, 0.1) is 26.3 Å². The number of amides is 1. The Kier molecular flexibility index (Phi) is 9.55. The highest BCUT2D eigenvalue weighted by Crippen LogP contribution is 2.30. The van der Waals surface area contributed by atoms with E-state index in [0.717, 1.165) is 9.26 Å². The van der Waals surface area contributed by atoms with E-state index in [1.807, 2.05) is 24.3 Å². The van der Waals surface area contributed by atoms with Gasteiger partial charge < -0.3 is 25.4 Å². The number of nitrogens with one attached hydrogen (secondary N) is 3. The second-order valence-electron chi connectivity index (χ2n) is 5.98. The van der Waals surface area contributed by atoms with Gasteiger partial charge in [-0.3, -0.25) is 4.79 Å². The zero-order valence-corrected chi connectivity index (χ0v) is 21.2. The summed E-state index contributed by atoms with van der Waals surface area (Å²) in [6.07, 6.45) is -1.07. The maximum absolute atomic E-state index is 12.6. The van der Waals surface area contributed by atoms with E-state index in [0.29, 0.717) is 17.1 Å². The van der Waals surface area contributed by atoms with E-state index in [1.54, 1.807) is 25.3 Å². The van der Waals surface area contributed by atoms with Crippen LogP contribution in [0.5, 0.6) is 11.5 Å². The molecule has 0 radical (unpaired) electrons. The number of carbonyl (C=O) groups excluding carboxylic acids is 1. The van der Waals surface area contributed by atoms with Crippen LogP contribution < -0.4 is 25.4 Å². The highest BCUT2D eigenvalue weighted by molar-refractivity contribution is 14.1. The number of methoxy groups -OCH3 is 2. The van der Waals surface area contributed by atoms with Crippen molar-refractivity contribution in [2.24, 2.45) is 0 Å². The number of halogens is 4. The Morgan fingerprint density at radius 1 is 1.13 bits per heavy atom. The van der Waals surface area contributed by atoms with Crippen LogP contribution in [-0.2, 0) is 11.2 Å². The summed E-state index contributed by atoms with van der Waals surface area (Å²) < 4.78 is 9.59. The Morgan fingerprint density at radius 2 is 1.83 bits per heavy atom. The van der Waals surface area contributed by atoms with E-state index < -0.39 is 9.96 Å². The van der Waals surface area contributed by atoms with Crippen molar-refractivity contribution in [1.82, 2.24) is 10.6 Å². The number of rotatable bonds is 7. The summed E-state index contributed by atoms with van der Waals surface area (Å²) in [7, 11) is 3.06. The Bertz CT molecular complexity index is 912. The zero-order chi connectivity index (χ0) is 22.3. The fourth-order valence-electron chi connectivity index (χ4n) is 2.43. The van der Waals surface area contributed by atoms with E-state index in [-0.39, 0.29) is 17.4 Å². The maximum atomic E-state index is 12.6. The number of hydrogen-bond acceptors (Lipinski definition) is 4. The first-order chi connectivity index (χ1) is 14.1. The molecule has 1 amide bonds. The molecule has 0 aliphatic rings. The molecule has 0 bridgehead atoms. The zero-order valence-electron chi connectivity index (χ0n) is 16.0. The van der Waals surface area contributed by atoms with Crippen molar-refractivity contribution >= 4 is 86.3 Å². The summed E-state index contributed by atoms with van der Waals surface area (Å²) >= 11 is 25.6. The predicted octanol–water partition coefficient (Wildman–Crippen LogP) is 4.65. The molecule has 0 aliphatic heterocycles. The molecule has 11 heteroatoms. The molecule has 0 saturated heterocycles. The molecule has 0 spiro atoms. The lowest BCUT2D eigenvalue weighted by atomic mass is 10.1. The monoisotopic (exact) mass is 601 g/mol. The lowest BCUT2D eigenvalue weighted by Crippen LogP contribution is -2.56. The summed E-state index contributed by atoms with van der Waals surface area (Å²) in [6, 6.07) is 12.7. The van der Waals surface area contributed by atoms with Crippen molar-refractivity contribution in [3.63, 3.8) is 0 Å². The minimum absolute atomic E-state index is 0.00285. The third kappa shape index (κ3) is 7.49. The van der Waals surface area contributed by atoms with Gasteiger partial charge in [0.15, 0.2) is 5.11 Å². The molecule has 0 fully saturated rings. The van der Waals surface area contributed by atoms with Crippen LogP contribution in [0.15, 0.2) is 42.5 Å². The molecule has 162 valence electrons. The Morgan fingerprint density at radius 3 is 2.43 bits per heavy atom. The first-order valence-corrected chi connectivity index (χ1v) is 11.1. The standard InChI is InChI=1S/C19H19Cl3IN3O3S/c1-28-12-8-7-11(15(10-12)29-2)9-16(27)25-17(19(20,21)22)26-18(30)24-14-6-4-3-5-13(14)23/h3-8,10,17H,9H2,1-2H3,(H,25,27)(H2,24,26,30). The molecule has 3 N–H and O–H groups in total. The molecular weight excluding hydrogens is 584 g/mol. The van der Waals surface area contributed by atoms with Crippen molar-refractivity contribution in [1.29, 1.82) is 0 Å². The number of benzene rings is 2. The van der Waals surface area contributed by atoms with Gasteiger partial charge in [0.25, 0.3) is 0 Å². The SMILES string of the molecule is COc1ccc(CC(=O)NC(NC(=S)Nc2ccccc2I)C(Cl)(Cl)Cl)c(OC)c1. The molecule has 6 nitrogen and oxygen atoms in total. The molecule has 2 aromatic rings. The number of anilines is 1. The number of carbonyl (C=O) groups is 1. The van der Waals surface area contributed by atoms with Crippen LogP contribution in [0.3, 0.4) is 0 Å². The van der Waals surface area contributed by atoms with E-state index in [4.69, 9.17) is 56.5 Å². The van der Waals surface area contributed by atoms with Gasteiger partial charge in [-0.15, -0.1) is 0 Å². The topological polar surface area (TPSA) is 71.6 Å². The Labute approximate surface area is 209 Å². The molecule has 0 heterocycles. The molecular formula is C19H19Cl3IN3O3S. The van der Waals surface area contributed by atoms with Crippen molar-refractivity contribution < 1.29 is 14.3 Å². The molecule has 2 rings (SSSR count). The minimum atomic E-state index is -1.85. The van der Waals surface area contributed by atoms with Crippen LogP contribution in [0.4, 0.5) is 5.69 Å². The normalized spacial score (nSPS) is 11.9. The molecule has 1 unspecified atom stereocenters. The van der Waals surface area contributed by atoms with E-state index in [2.05, 4.69) is 38.5 Å². The summed E-state index contributed by atoms with van der Waals surface area (Å²) in [6.45, 7) is 0. The number of para-hydroxylation sites is 1. The van der Waals surface area contributed by atoms with Crippen LogP contribution >= 0.6 is 69.6 Å². The van der Waals surface area contributed by atoms with Crippen LogP contribution in [0, 0.1) is 3.57 Å². The number of thiocarbonyl (C=S) groups is 1. The van der Waals surface area contributed by atoms with Crippen LogP contribution in [-0.4, -0.2) is 35.2 Å². The first-order valence-electron chi connectivity index (χ1n) is 8.53. The second-order valence-corrected chi connectivity index (χ2v) is 9.91. The average Bonchev–Trinajstić information content (AvgIpc) is 2.68. The molecule has 0 aromatic heterocycles. The number of ether oxygens (including phenoxy) is 2. The van der Waals surface area contributed by atoms with E-state index >= 15 is 0 Å². The van der Waals surface area contributed by atoms with Crippen molar-refractivity contribution in [2.75, 3.05) is 19.5 Å². The Hall–Kier alpha value is -1.20. The van der Waals surface area contributed by atoms with Gasteiger partial charge in [0, 0.05) is 15.2 Å². The van der Waals surface area contributed by atoms with E-state index in [1.165, 1.54) is 7.11 Å². The van der Waals surface area contributed by atoms with Gasteiger partial charge in [-0.1, -0.05) is 53.0 Å². The van der Waals surface area contributed by atoms with Crippen molar-refractivity contribution in [3.8, 4) is 11.5 Å². The van der Waals surface area contributed by atoms with Gasteiger partial charge in [0.1, 0.15) is 17.7 Å². The molecule has 0 saturated carbocycles. The van der Waals surface area contributed by atoms with Crippen LogP contribution in [0.2, 0.25) is 0 Å². The van der Waals surface area contributed by atoms with Gasteiger partial charge >= 0.3 is 0 Å². The van der Waals surface area contributed by atoms with Gasteiger partial charge in [-0.25, -0.2) is 0 Å². The molecule has 30 heavy (non-hydrogen) atoms. The summed E-state index contributed by atoms with van der Waals surface area (Å²) in [5.41, 5.74) is 1.44. The van der Waals surface area contributed by atoms with Crippen molar-refractivity contribution in [3.05, 3.63) is 51.6 Å². The predicted molar refractivity (Wildman–Crippen MR) is 134 cm³/mol. The van der Waals surface area contributed by atoms with Gasteiger partial charge in [0.2, 0.25) is 9.70 Å². The van der Waals surface area contributed by atoms with Crippen LogP contribution in [0.1, 0.15) is 5.56 Å². The minimum Gasteiger partial charge on any atom is -0.497 e. The molecule has 0 aliphatic carbocycles. The van der Waals surface area contributed by atoms with Crippen LogP contribution in [0.25, 0.3) is 0 Å². The van der Waals surface area contributed by atoms with E-state index in [9.17, 15) is 4.79 Å². The summed E-state index contributed by atoms with van der Waals surface area (Å²) in [5.74, 6) is 0.738. The first kappa shape index (κ1) is 25.1. The smallest absolute Gasteiger partial charge is 0.228 e. The van der Waals surface area contributed by atoms with Crippen molar-refractivity contribution in [2.45, 2.75) is 16.4 Å². The molecule has 1 atom stereocenters. The van der Waals surface area contributed by atoms with Gasteiger partial charge in [-0.2, -0.15) is 0 Å². The number of hydrogen-bond donors (Lipinski definition) is 3. The maximum Gasteiger partial charge on any atom is 0.228 e. The highest BCUT2D eigenvalue weighted by Gasteiger charge is 2.34. The lowest BCUT2D eigenvalue weighted by molar-refractivity contribution is -0.121. The van der Waals surface area contributed by atoms with Gasteiger partial charge in [-0.05, 0) is 53.0 Å². The molecule has 2 aromatic carbocycles. The third-order valence-electron chi connectivity index (χ3n) is 3.88. The lowest BCUT2D eigenvalue weighted by Gasteiger charge is -2.28. The third-order valence-corrected chi connectivity index (χ3v) is 5.69.